The van der Waals surface area contributed by atoms with Crippen molar-refractivity contribution < 1.29 is 4.79 Å². The number of anilines is 1. The fraction of sp³-hybridized carbons (Fsp3) is 0.100. The molecule has 0 atom stereocenters. The zero-order valence-corrected chi connectivity index (χ0v) is 16.3. The molecule has 4 aromatic rings. The van der Waals surface area contributed by atoms with Gasteiger partial charge in [0.25, 0.3) is 5.91 Å². The average molecular weight is 410 g/mol. The molecule has 0 bridgehead atoms. The summed E-state index contributed by atoms with van der Waals surface area (Å²) in [5, 5.41) is 12.0. The highest BCUT2D eigenvalue weighted by molar-refractivity contribution is 7.15. The van der Waals surface area contributed by atoms with E-state index in [2.05, 4.69) is 20.6 Å². The van der Waals surface area contributed by atoms with E-state index in [0.717, 1.165) is 16.0 Å². The Kier molecular flexibility index (Phi) is 5.45. The summed E-state index contributed by atoms with van der Waals surface area (Å²) in [5.74, 6) is -0.331. The second-order valence-corrected chi connectivity index (χ2v) is 7.73. The van der Waals surface area contributed by atoms with E-state index in [-0.39, 0.29) is 11.6 Å². The maximum atomic E-state index is 12.4. The summed E-state index contributed by atoms with van der Waals surface area (Å²) in [6.45, 7) is 0.558. The number of carbonyl (C=O) groups is 1. The maximum Gasteiger partial charge on any atom is 0.279 e. The molecule has 2 aromatic carbocycles. The zero-order chi connectivity index (χ0) is 19.3. The van der Waals surface area contributed by atoms with Gasteiger partial charge >= 0.3 is 0 Å². The van der Waals surface area contributed by atoms with Crippen LogP contribution < -0.4 is 5.32 Å². The summed E-state index contributed by atoms with van der Waals surface area (Å²) in [6, 6.07) is 17.6. The highest BCUT2D eigenvalue weighted by Crippen LogP contribution is 2.22. The molecule has 8 heteroatoms. The minimum absolute atomic E-state index is 0.252. The SMILES string of the molecule is O=C(Nc1ncc(Cc2cccc(Cl)c2)s1)c1cn(Cc2ccccc2)nn1. The van der Waals surface area contributed by atoms with Crippen molar-refractivity contribution in [3.05, 3.63) is 93.7 Å². The molecule has 2 aromatic heterocycles. The van der Waals surface area contributed by atoms with Crippen molar-refractivity contribution in [1.82, 2.24) is 20.0 Å². The molecule has 0 aliphatic heterocycles. The van der Waals surface area contributed by atoms with Crippen LogP contribution in [0.1, 0.15) is 26.5 Å². The van der Waals surface area contributed by atoms with Gasteiger partial charge in [-0.15, -0.1) is 16.4 Å². The third-order valence-electron chi connectivity index (χ3n) is 4.00. The first-order valence-corrected chi connectivity index (χ1v) is 9.80. The second kappa shape index (κ2) is 8.33. The van der Waals surface area contributed by atoms with E-state index >= 15 is 0 Å². The van der Waals surface area contributed by atoms with Gasteiger partial charge in [0.15, 0.2) is 10.8 Å². The van der Waals surface area contributed by atoms with Gasteiger partial charge in [0.2, 0.25) is 0 Å². The van der Waals surface area contributed by atoms with Crippen LogP contribution >= 0.6 is 22.9 Å². The number of benzene rings is 2. The summed E-state index contributed by atoms with van der Waals surface area (Å²) in [5.41, 5.74) is 2.44. The lowest BCUT2D eigenvalue weighted by Crippen LogP contribution is -2.12. The zero-order valence-electron chi connectivity index (χ0n) is 14.7. The Balaban J connectivity index is 1.38. The first-order valence-electron chi connectivity index (χ1n) is 8.60. The number of nitrogens with one attached hydrogen (secondary N) is 1. The van der Waals surface area contributed by atoms with E-state index in [9.17, 15) is 4.79 Å². The summed E-state index contributed by atoms with van der Waals surface area (Å²) in [6.07, 6.45) is 4.09. The molecule has 0 fully saturated rings. The van der Waals surface area contributed by atoms with Crippen LogP contribution in [0.3, 0.4) is 0 Å². The Morgan fingerprint density at radius 1 is 1.11 bits per heavy atom. The van der Waals surface area contributed by atoms with Crippen LogP contribution in [0.2, 0.25) is 5.02 Å². The quantitative estimate of drug-likeness (QED) is 0.516. The molecule has 1 N–H and O–H groups in total. The summed E-state index contributed by atoms with van der Waals surface area (Å²) < 4.78 is 1.64. The Morgan fingerprint density at radius 3 is 2.75 bits per heavy atom. The second-order valence-electron chi connectivity index (χ2n) is 6.18. The normalized spacial score (nSPS) is 10.8. The minimum atomic E-state index is -0.331. The lowest BCUT2D eigenvalue weighted by molar-refractivity contribution is 0.102. The monoisotopic (exact) mass is 409 g/mol. The molecular formula is C20H16ClN5OS. The molecule has 0 unspecified atom stereocenters. The van der Waals surface area contributed by atoms with Crippen molar-refractivity contribution in [2.24, 2.45) is 0 Å². The van der Waals surface area contributed by atoms with E-state index in [4.69, 9.17) is 11.6 Å². The molecule has 1 amide bonds. The fourth-order valence-corrected chi connectivity index (χ4v) is 3.76. The Labute approximate surface area is 170 Å². The molecule has 0 aliphatic rings. The number of thiazole rings is 1. The summed E-state index contributed by atoms with van der Waals surface area (Å²) >= 11 is 7.45. The van der Waals surface area contributed by atoms with E-state index in [0.29, 0.717) is 23.1 Å². The number of hydrogen-bond donors (Lipinski definition) is 1. The van der Waals surface area contributed by atoms with Gasteiger partial charge in [-0.05, 0) is 23.3 Å². The van der Waals surface area contributed by atoms with Crippen molar-refractivity contribution in [3.8, 4) is 0 Å². The molecule has 0 saturated heterocycles. The molecule has 0 radical (unpaired) electrons. The first-order chi connectivity index (χ1) is 13.7. The predicted octanol–water partition coefficient (Wildman–Crippen LogP) is 4.28. The van der Waals surface area contributed by atoms with Crippen molar-refractivity contribution >= 4 is 34.0 Å². The molecule has 2 heterocycles. The van der Waals surface area contributed by atoms with E-state index in [1.54, 1.807) is 17.1 Å². The number of aromatic nitrogens is 4. The van der Waals surface area contributed by atoms with Crippen LogP contribution in [0.25, 0.3) is 0 Å². The van der Waals surface area contributed by atoms with Gasteiger partial charge in [-0.3, -0.25) is 10.1 Å². The smallest absolute Gasteiger partial charge is 0.279 e. The van der Waals surface area contributed by atoms with E-state index in [1.807, 2.05) is 54.6 Å². The van der Waals surface area contributed by atoms with Crippen molar-refractivity contribution in [1.29, 1.82) is 0 Å². The number of hydrogen-bond acceptors (Lipinski definition) is 5. The molecule has 6 nitrogen and oxygen atoms in total. The average Bonchev–Trinajstić information content (AvgIpc) is 3.32. The predicted molar refractivity (Wildman–Crippen MR) is 110 cm³/mol. The van der Waals surface area contributed by atoms with Gasteiger partial charge in [-0.25, -0.2) is 9.67 Å². The van der Waals surface area contributed by atoms with E-state index in [1.165, 1.54) is 11.3 Å². The topological polar surface area (TPSA) is 72.7 Å². The van der Waals surface area contributed by atoms with Gasteiger partial charge in [0.05, 0.1) is 12.7 Å². The summed E-state index contributed by atoms with van der Waals surface area (Å²) in [7, 11) is 0. The van der Waals surface area contributed by atoms with Gasteiger partial charge in [-0.1, -0.05) is 59.3 Å². The molecule has 28 heavy (non-hydrogen) atoms. The Hall–Kier alpha value is -3.03. The van der Waals surface area contributed by atoms with Crippen LogP contribution in [0, 0.1) is 0 Å². The van der Waals surface area contributed by atoms with Crippen molar-refractivity contribution in [3.63, 3.8) is 0 Å². The van der Waals surface area contributed by atoms with E-state index < -0.39 is 0 Å². The van der Waals surface area contributed by atoms with Gasteiger partial charge in [0.1, 0.15) is 0 Å². The van der Waals surface area contributed by atoms with Crippen LogP contribution in [0.15, 0.2) is 67.0 Å². The van der Waals surface area contributed by atoms with Crippen LogP contribution in [0.4, 0.5) is 5.13 Å². The number of amides is 1. The minimum Gasteiger partial charge on any atom is -0.296 e. The Bertz CT molecular complexity index is 1090. The highest BCUT2D eigenvalue weighted by Gasteiger charge is 2.13. The standard InChI is InChI=1S/C20H16ClN5OS/c21-16-8-4-7-15(9-16)10-17-11-22-20(28-17)23-19(27)18-13-26(25-24-18)12-14-5-2-1-3-6-14/h1-9,11,13H,10,12H2,(H,22,23,27). The van der Waals surface area contributed by atoms with Crippen molar-refractivity contribution in [2.75, 3.05) is 5.32 Å². The fourth-order valence-electron chi connectivity index (χ4n) is 2.71. The van der Waals surface area contributed by atoms with Crippen molar-refractivity contribution in [2.45, 2.75) is 13.0 Å². The molecule has 140 valence electrons. The number of carbonyl (C=O) groups excluding carboxylic acids is 1. The molecule has 0 spiro atoms. The van der Waals surface area contributed by atoms with Gasteiger partial charge < -0.3 is 0 Å². The third-order valence-corrected chi connectivity index (χ3v) is 5.15. The lowest BCUT2D eigenvalue weighted by Gasteiger charge is -2.00. The summed E-state index contributed by atoms with van der Waals surface area (Å²) in [4.78, 5) is 17.7. The maximum absolute atomic E-state index is 12.4. The molecule has 0 saturated carbocycles. The van der Waals surface area contributed by atoms with Crippen LogP contribution in [-0.2, 0) is 13.0 Å². The third kappa shape index (κ3) is 4.62. The molecule has 4 rings (SSSR count). The molecule has 0 aliphatic carbocycles. The van der Waals surface area contributed by atoms with Gasteiger partial charge in [0, 0.05) is 22.5 Å². The Morgan fingerprint density at radius 2 is 1.93 bits per heavy atom. The van der Waals surface area contributed by atoms with Gasteiger partial charge in [-0.2, -0.15) is 0 Å². The number of nitrogens with zero attached hydrogens (tertiary/aromatic N) is 4. The van der Waals surface area contributed by atoms with Crippen LogP contribution in [-0.4, -0.2) is 25.9 Å². The molecular weight excluding hydrogens is 394 g/mol. The lowest BCUT2D eigenvalue weighted by atomic mass is 10.1. The largest absolute Gasteiger partial charge is 0.296 e. The van der Waals surface area contributed by atoms with Crippen LogP contribution in [0.5, 0.6) is 0 Å². The first kappa shape index (κ1) is 18.3. The number of rotatable bonds is 6. The number of halogens is 1. The highest BCUT2D eigenvalue weighted by atomic mass is 35.5.